The van der Waals surface area contributed by atoms with Gasteiger partial charge >= 0.3 is 0 Å². The smallest absolute Gasteiger partial charge is 0.0499 e. The number of nitrogens with zero attached hydrogens (tertiary/aromatic N) is 2. The van der Waals surface area contributed by atoms with E-state index in [0.717, 1.165) is 4.47 Å². The van der Waals surface area contributed by atoms with Gasteiger partial charge in [-0.25, -0.2) is 0 Å². The lowest BCUT2D eigenvalue weighted by atomic mass is 9.96. The van der Waals surface area contributed by atoms with Gasteiger partial charge in [-0.05, 0) is 57.0 Å². The summed E-state index contributed by atoms with van der Waals surface area (Å²) in [5.41, 5.74) is 4.96. The van der Waals surface area contributed by atoms with E-state index in [-0.39, 0.29) is 0 Å². The molecule has 2 aromatic rings. The molecule has 22 heavy (non-hydrogen) atoms. The summed E-state index contributed by atoms with van der Waals surface area (Å²) < 4.78 is 3.41. The van der Waals surface area contributed by atoms with Crippen molar-refractivity contribution in [2.75, 3.05) is 0 Å². The number of hydrogen-bond donors (Lipinski definition) is 0. The predicted octanol–water partition coefficient (Wildman–Crippen LogP) is 5.61. The molecule has 0 spiro atoms. The van der Waals surface area contributed by atoms with Gasteiger partial charge in [0.05, 0.1) is 0 Å². The van der Waals surface area contributed by atoms with Crippen molar-refractivity contribution in [3.63, 3.8) is 0 Å². The highest BCUT2D eigenvalue weighted by atomic mass is 79.9. The monoisotopic (exact) mass is 358 g/mol. The molecular weight excluding hydrogens is 336 g/mol. The van der Waals surface area contributed by atoms with Crippen LogP contribution in [0.25, 0.3) is 5.69 Å². The van der Waals surface area contributed by atoms with Gasteiger partial charge in [-0.1, -0.05) is 35.2 Å². The fraction of sp³-hybridized carbons (Fsp3) is 0.421. The quantitative estimate of drug-likeness (QED) is 0.634. The van der Waals surface area contributed by atoms with Crippen molar-refractivity contribution in [2.45, 2.75) is 52.0 Å². The Morgan fingerprint density at radius 2 is 1.77 bits per heavy atom. The Labute approximate surface area is 141 Å². The third kappa shape index (κ3) is 3.35. The maximum atomic E-state index is 4.83. The summed E-state index contributed by atoms with van der Waals surface area (Å²) in [4.78, 5) is 4.83. The minimum absolute atomic E-state index is 0.532. The molecule has 0 atom stereocenters. The van der Waals surface area contributed by atoms with Crippen molar-refractivity contribution in [3.05, 3.63) is 51.8 Å². The molecule has 0 aliphatic heterocycles. The Kier molecular flexibility index (Phi) is 4.82. The number of rotatable bonds is 3. The zero-order valence-corrected chi connectivity index (χ0v) is 14.9. The third-order valence-electron chi connectivity index (χ3n) is 4.55. The van der Waals surface area contributed by atoms with Crippen molar-refractivity contribution < 1.29 is 0 Å². The molecule has 116 valence electrons. The van der Waals surface area contributed by atoms with Crippen molar-refractivity contribution in [1.82, 2.24) is 4.57 Å². The fourth-order valence-electron chi connectivity index (χ4n) is 3.32. The van der Waals surface area contributed by atoms with Gasteiger partial charge in [0.15, 0.2) is 0 Å². The average molecular weight is 359 g/mol. The molecule has 1 heterocycles. The third-order valence-corrected chi connectivity index (χ3v) is 5.08. The number of aryl methyl sites for hydroxylation is 1. The van der Waals surface area contributed by atoms with E-state index < -0.39 is 0 Å². The van der Waals surface area contributed by atoms with E-state index in [1.54, 1.807) is 0 Å². The highest BCUT2D eigenvalue weighted by molar-refractivity contribution is 9.10. The first-order chi connectivity index (χ1) is 10.6. The molecule has 1 aliphatic rings. The van der Waals surface area contributed by atoms with Gasteiger partial charge in [0.25, 0.3) is 0 Å². The second-order valence-corrected chi connectivity index (χ2v) is 7.12. The lowest BCUT2D eigenvalue weighted by Crippen LogP contribution is -2.09. The minimum Gasteiger partial charge on any atom is -0.318 e. The van der Waals surface area contributed by atoms with Gasteiger partial charge in [0.2, 0.25) is 0 Å². The number of aliphatic imine (C=N–C) groups is 1. The molecule has 0 saturated heterocycles. The van der Waals surface area contributed by atoms with E-state index in [1.807, 2.05) is 0 Å². The summed E-state index contributed by atoms with van der Waals surface area (Å²) in [6, 6.07) is 11.2. The SMILES string of the molecule is Cc1cc(C=NC2CCCCC2)c(C)n1-c1ccc(Br)cc1. The maximum Gasteiger partial charge on any atom is 0.0499 e. The molecule has 1 aromatic heterocycles. The number of halogens is 1. The van der Waals surface area contributed by atoms with Gasteiger partial charge in [-0.2, -0.15) is 0 Å². The van der Waals surface area contributed by atoms with Crippen molar-refractivity contribution in [1.29, 1.82) is 0 Å². The molecule has 1 aliphatic carbocycles. The molecule has 0 radical (unpaired) electrons. The molecule has 0 unspecified atom stereocenters. The van der Waals surface area contributed by atoms with E-state index >= 15 is 0 Å². The van der Waals surface area contributed by atoms with Gasteiger partial charge < -0.3 is 4.57 Å². The second kappa shape index (κ2) is 6.82. The highest BCUT2D eigenvalue weighted by Crippen LogP contribution is 2.23. The van der Waals surface area contributed by atoms with E-state index in [2.05, 4.69) is 70.9 Å². The van der Waals surface area contributed by atoms with Gasteiger partial charge in [0, 0.05) is 39.4 Å². The standard InChI is InChI=1S/C19H23BrN2/c1-14-12-16(13-21-18-6-4-3-5-7-18)15(2)22(14)19-10-8-17(20)9-11-19/h8-13,18H,3-7H2,1-2H3. The molecule has 1 fully saturated rings. The molecule has 2 nitrogen and oxygen atoms in total. The zero-order chi connectivity index (χ0) is 15.5. The Morgan fingerprint density at radius 1 is 1.09 bits per heavy atom. The molecule has 0 N–H and O–H groups in total. The van der Waals surface area contributed by atoms with Gasteiger partial charge in [-0.3, -0.25) is 4.99 Å². The van der Waals surface area contributed by atoms with Crippen LogP contribution in [-0.4, -0.2) is 16.8 Å². The lowest BCUT2D eigenvalue weighted by molar-refractivity contribution is 0.444. The molecule has 1 aromatic carbocycles. The summed E-state index contributed by atoms with van der Waals surface area (Å²) in [6.07, 6.45) is 8.64. The van der Waals surface area contributed by atoms with Crippen LogP contribution in [0.15, 0.2) is 39.8 Å². The van der Waals surface area contributed by atoms with Crippen LogP contribution in [0.3, 0.4) is 0 Å². The highest BCUT2D eigenvalue weighted by Gasteiger charge is 2.13. The van der Waals surface area contributed by atoms with Crippen molar-refractivity contribution in [3.8, 4) is 5.69 Å². The Hall–Kier alpha value is -1.35. The average Bonchev–Trinajstić information content (AvgIpc) is 2.82. The topological polar surface area (TPSA) is 17.3 Å². The summed E-state index contributed by atoms with van der Waals surface area (Å²) in [7, 11) is 0. The van der Waals surface area contributed by atoms with Crippen LogP contribution in [0.4, 0.5) is 0 Å². The van der Waals surface area contributed by atoms with E-state index in [4.69, 9.17) is 4.99 Å². The summed E-state index contributed by atoms with van der Waals surface area (Å²) in [5, 5.41) is 0. The predicted molar refractivity (Wildman–Crippen MR) is 97.4 cm³/mol. The molecule has 0 bridgehead atoms. The first kappa shape index (κ1) is 15.5. The minimum atomic E-state index is 0.532. The van der Waals surface area contributed by atoms with Crippen LogP contribution < -0.4 is 0 Å². The molecule has 3 heteroatoms. The number of benzene rings is 1. The van der Waals surface area contributed by atoms with Crippen LogP contribution in [0.1, 0.15) is 49.1 Å². The summed E-state index contributed by atoms with van der Waals surface area (Å²) in [6.45, 7) is 4.34. The maximum absolute atomic E-state index is 4.83. The van der Waals surface area contributed by atoms with E-state index in [1.165, 1.54) is 54.7 Å². The normalized spacial score (nSPS) is 16.5. The molecule has 3 rings (SSSR count). The van der Waals surface area contributed by atoms with Crippen LogP contribution >= 0.6 is 15.9 Å². The zero-order valence-electron chi connectivity index (χ0n) is 13.3. The number of hydrogen-bond acceptors (Lipinski definition) is 1. The first-order valence-corrected chi connectivity index (χ1v) is 8.92. The van der Waals surface area contributed by atoms with Crippen LogP contribution in [-0.2, 0) is 0 Å². The van der Waals surface area contributed by atoms with Gasteiger partial charge in [0.1, 0.15) is 0 Å². The largest absolute Gasteiger partial charge is 0.318 e. The number of aromatic nitrogens is 1. The second-order valence-electron chi connectivity index (χ2n) is 6.21. The molecule has 0 amide bonds. The van der Waals surface area contributed by atoms with E-state index in [9.17, 15) is 0 Å². The molecular formula is C19H23BrN2. The summed E-state index contributed by atoms with van der Waals surface area (Å²) in [5.74, 6) is 0. The van der Waals surface area contributed by atoms with Crippen LogP contribution in [0, 0.1) is 13.8 Å². The first-order valence-electron chi connectivity index (χ1n) is 8.13. The van der Waals surface area contributed by atoms with Crippen molar-refractivity contribution in [2.24, 2.45) is 4.99 Å². The van der Waals surface area contributed by atoms with Crippen LogP contribution in [0.5, 0.6) is 0 Å². The Bertz CT molecular complexity index is 661. The van der Waals surface area contributed by atoms with Crippen molar-refractivity contribution >= 4 is 22.1 Å². The van der Waals surface area contributed by atoms with Crippen LogP contribution in [0.2, 0.25) is 0 Å². The Balaban J connectivity index is 1.86. The molecule has 1 saturated carbocycles. The summed E-state index contributed by atoms with van der Waals surface area (Å²) >= 11 is 3.50. The Morgan fingerprint density at radius 3 is 2.45 bits per heavy atom. The van der Waals surface area contributed by atoms with Gasteiger partial charge in [-0.15, -0.1) is 0 Å². The fourth-order valence-corrected chi connectivity index (χ4v) is 3.59. The lowest BCUT2D eigenvalue weighted by Gasteiger charge is -2.17. The van der Waals surface area contributed by atoms with E-state index in [0.29, 0.717) is 6.04 Å².